The Kier molecular flexibility index (Phi) is 5.52. The van der Waals surface area contributed by atoms with Crippen LogP contribution in [-0.4, -0.2) is 6.18 Å². The number of hydrogen-bond donors (Lipinski definition) is 0. The molecule has 0 heterocycles. The van der Waals surface area contributed by atoms with Crippen LogP contribution in [0.15, 0.2) is 30.3 Å². The van der Waals surface area contributed by atoms with Gasteiger partial charge in [-0.05, 0) is 12.0 Å². The lowest BCUT2D eigenvalue weighted by Crippen LogP contribution is -2.20. The minimum absolute atomic E-state index is 0.202. The number of hydrogen-bond acceptors (Lipinski definition) is 0. The van der Waals surface area contributed by atoms with Crippen molar-refractivity contribution in [3.05, 3.63) is 35.9 Å². The fourth-order valence-electron chi connectivity index (χ4n) is 1.98. The summed E-state index contributed by atoms with van der Waals surface area (Å²) in [6.45, 7) is 2.05. The molecule has 0 radical (unpaired) electrons. The van der Waals surface area contributed by atoms with E-state index in [-0.39, 0.29) is 6.42 Å². The van der Waals surface area contributed by atoms with E-state index in [0.29, 0.717) is 12.0 Å². The smallest absolute Gasteiger partial charge is 0.170 e. The molecule has 1 rings (SSSR count). The molecule has 0 nitrogen and oxygen atoms in total. The molecule has 0 N–H and O–H groups in total. The van der Waals surface area contributed by atoms with Gasteiger partial charge in [0.2, 0.25) is 0 Å². The second kappa shape index (κ2) is 6.67. The van der Waals surface area contributed by atoms with E-state index >= 15 is 0 Å². The van der Waals surface area contributed by atoms with Gasteiger partial charge in [0, 0.05) is 0 Å². The highest BCUT2D eigenvalue weighted by molar-refractivity contribution is 5.20. The van der Waals surface area contributed by atoms with Gasteiger partial charge in [0.15, 0.2) is 0 Å². The van der Waals surface area contributed by atoms with E-state index in [1.165, 1.54) is 0 Å². The van der Waals surface area contributed by atoms with Crippen LogP contribution in [0.25, 0.3) is 0 Å². The molecular formula is C14H19F3. The van der Waals surface area contributed by atoms with E-state index < -0.39 is 12.1 Å². The van der Waals surface area contributed by atoms with Gasteiger partial charge in [-0.3, -0.25) is 0 Å². The van der Waals surface area contributed by atoms with Gasteiger partial charge in [-0.1, -0.05) is 62.9 Å². The lowest BCUT2D eigenvalue weighted by atomic mass is 9.92. The fraction of sp³-hybridized carbons (Fsp3) is 0.571. The van der Waals surface area contributed by atoms with Crippen molar-refractivity contribution in [2.45, 2.75) is 51.1 Å². The van der Waals surface area contributed by atoms with E-state index in [9.17, 15) is 13.2 Å². The number of halogens is 3. The van der Waals surface area contributed by atoms with Gasteiger partial charge in [0.25, 0.3) is 0 Å². The Hall–Kier alpha value is -0.990. The van der Waals surface area contributed by atoms with E-state index in [4.69, 9.17) is 0 Å². The van der Waals surface area contributed by atoms with Crippen molar-refractivity contribution < 1.29 is 13.2 Å². The Bertz CT molecular complexity index is 303. The lowest BCUT2D eigenvalue weighted by Gasteiger charge is -2.20. The van der Waals surface area contributed by atoms with Crippen LogP contribution in [0.1, 0.15) is 50.5 Å². The van der Waals surface area contributed by atoms with Crippen LogP contribution in [0.4, 0.5) is 13.2 Å². The summed E-state index contributed by atoms with van der Waals surface area (Å²) in [5, 5.41) is 0. The molecule has 0 amide bonds. The summed E-state index contributed by atoms with van der Waals surface area (Å²) in [6, 6.07) is 8.21. The van der Waals surface area contributed by atoms with Crippen molar-refractivity contribution >= 4 is 0 Å². The number of rotatable bonds is 6. The van der Waals surface area contributed by atoms with E-state index in [1.807, 2.05) is 0 Å². The molecule has 3 heteroatoms. The van der Waals surface area contributed by atoms with E-state index in [1.54, 1.807) is 30.3 Å². The summed E-state index contributed by atoms with van der Waals surface area (Å²) in [7, 11) is 0. The molecule has 0 saturated heterocycles. The average molecular weight is 244 g/mol. The van der Waals surface area contributed by atoms with Crippen LogP contribution in [0.5, 0.6) is 0 Å². The zero-order valence-electron chi connectivity index (χ0n) is 10.1. The maximum Gasteiger partial charge on any atom is 0.395 e. The Morgan fingerprint density at radius 1 is 1.00 bits per heavy atom. The first-order chi connectivity index (χ1) is 8.05. The third-order valence-corrected chi connectivity index (χ3v) is 2.94. The maximum absolute atomic E-state index is 12.9. The lowest BCUT2D eigenvalue weighted by molar-refractivity contribution is -0.152. The number of benzene rings is 1. The van der Waals surface area contributed by atoms with Crippen LogP contribution in [0.3, 0.4) is 0 Å². The average Bonchev–Trinajstić information content (AvgIpc) is 2.28. The topological polar surface area (TPSA) is 0 Å². The summed E-state index contributed by atoms with van der Waals surface area (Å²) < 4.78 is 38.7. The second-order valence-corrected chi connectivity index (χ2v) is 4.35. The van der Waals surface area contributed by atoms with Crippen molar-refractivity contribution in [1.29, 1.82) is 0 Å². The van der Waals surface area contributed by atoms with Gasteiger partial charge < -0.3 is 0 Å². The van der Waals surface area contributed by atoms with Crippen LogP contribution < -0.4 is 0 Å². The molecule has 1 aromatic rings. The van der Waals surface area contributed by atoms with E-state index in [0.717, 1.165) is 19.3 Å². The quantitative estimate of drug-likeness (QED) is 0.595. The first-order valence-corrected chi connectivity index (χ1v) is 6.17. The largest absolute Gasteiger partial charge is 0.395 e. The zero-order valence-corrected chi connectivity index (χ0v) is 10.1. The Morgan fingerprint density at radius 3 is 2.18 bits per heavy atom. The van der Waals surface area contributed by atoms with Crippen molar-refractivity contribution in [1.82, 2.24) is 0 Å². The molecular weight excluding hydrogens is 225 g/mol. The second-order valence-electron chi connectivity index (χ2n) is 4.35. The van der Waals surface area contributed by atoms with E-state index in [2.05, 4.69) is 6.92 Å². The molecule has 1 unspecified atom stereocenters. The monoisotopic (exact) mass is 244 g/mol. The zero-order chi connectivity index (χ0) is 12.7. The van der Waals surface area contributed by atoms with Crippen molar-refractivity contribution in [3.8, 4) is 0 Å². The van der Waals surface area contributed by atoms with Crippen molar-refractivity contribution in [3.63, 3.8) is 0 Å². The molecule has 0 saturated carbocycles. The van der Waals surface area contributed by atoms with Gasteiger partial charge in [0.05, 0.1) is 5.92 Å². The molecule has 0 aliphatic rings. The maximum atomic E-state index is 12.9. The molecule has 0 fully saturated rings. The molecule has 96 valence electrons. The predicted octanol–water partition coefficient (Wildman–Crippen LogP) is 5.30. The normalized spacial score (nSPS) is 13.6. The third kappa shape index (κ3) is 4.80. The molecule has 0 aliphatic heterocycles. The van der Waals surface area contributed by atoms with Gasteiger partial charge in [-0.2, -0.15) is 13.2 Å². The predicted molar refractivity (Wildman–Crippen MR) is 64.0 cm³/mol. The molecule has 17 heavy (non-hydrogen) atoms. The minimum atomic E-state index is -4.13. The van der Waals surface area contributed by atoms with Crippen LogP contribution >= 0.6 is 0 Å². The molecule has 0 spiro atoms. The molecule has 1 atom stereocenters. The summed E-state index contributed by atoms with van der Waals surface area (Å²) in [5.41, 5.74) is 0.386. The fourth-order valence-corrected chi connectivity index (χ4v) is 1.98. The van der Waals surface area contributed by atoms with Crippen LogP contribution in [0, 0.1) is 0 Å². The molecule has 0 aromatic heterocycles. The van der Waals surface area contributed by atoms with Gasteiger partial charge in [-0.15, -0.1) is 0 Å². The van der Waals surface area contributed by atoms with Gasteiger partial charge in [0.1, 0.15) is 0 Å². The molecule has 0 aliphatic carbocycles. The minimum Gasteiger partial charge on any atom is -0.170 e. The van der Waals surface area contributed by atoms with Crippen LogP contribution in [0.2, 0.25) is 0 Å². The standard InChI is InChI=1S/C14H19F3/c1-2-3-4-8-11-13(14(15,16)17)12-9-6-5-7-10-12/h5-7,9-10,13H,2-4,8,11H2,1H3. The van der Waals surface area contributed by atoms with Gasteiger partial charge >= 0.3 is 6.18 Å². The Balaban J connectivity index is 2.63. The highest BCUT2D eigenvalue weighted by atomic mass is 19.4. The highest BCUT2D eigenvalue weighted by Crippen LogP contribution is 2.38. The molecule has 0 bridgehead atoms. The summed E-state index contributed by atoms with van der Waals surface area (Å²) in [6.07, 6.45) is -0.342. The molecule has 1 aromatic carbocycles. The van der Waals surface area contributed by atoms with Crippen molar-refractivity contribution in [2.75, 3.05) is 0 Å². The number of unbranched alkanes of at least 4 members (excludes halogenated alkanes) is 3. The van der Waals surface area contributed by atoms with Crippen molar-refractivity contribution in [2.24, 2.45) is 0 Å². The van der Waals surface area contributed by atoms with Crippen LogP contribution in [-0.2, 0) is 0 Å². The summed E-state index contributed by atoms with van der Waals surface area (Å²) in [5.74, 6) is -1.31. The summed E-state index contributed by atoms with van der Waals surface area (Å²) >= 11 is 0. The third-order valence-electron chi connectivity index (χ3n) is 2.94. The number of alkyl halides is 3. The summed E-state index contributed by atoms with van der Waals surface area (Å²) in [4.78, 5) is 0. The Labute approximate surface area is 101 Å². The SMILES string of the molecule is CCCCCCC(c1ccccc1)C(F)(F)F. The Morgan fingerprint density at radius 2 is 1.65 bits per heavy atom. The van der Waals surface area contributed by atoms with Gasteiger partial charge in [-0.25, -0.2) is 0 Å². The highest BCUT2D eigenvalue weighted by Gasteiger charge is 2.39. The first-order valence-electron chi connectivity index (χ1n) is 6.17. The first kappa shape index (κ1) is 14.1.